The van der Waals surface area contributed by atoms with Crippen LogP contribution in [-0.4, -0.2) is 29.2 Å². The van der Waals surface area contributed by atoms with Gasteiger partial charge in [0, 0.05) is 10.2 Å². The molecule has 1 aliphatic heterocycles. The van der Waals surface area contributed by atoms with Gasteiger partial charge < -0.3 is 5.32 Å². The second-order valence-corrected chi connectivity index (χ2v) is 10.0. The highest BCUT2D eigenvalue weighted by atomic mass is 79.9. The average molecular weight is 502 g/mol. The van der Waals surface area contributed by atoms with Gasteiger partial charge in [-0.2, -0.15) is 0 Å². The van der Waals surface area contributed by atoms with E-state index in [-0.39, 0.29) is 42.0 Å². The number of benzene rings is 2. The molecule has 1 N–H and O–H groups in total. The van der Waals surface area contributed by atoms with E-state index in [1.807, 2.05) is 18.2 Å². The van der Waals surface area contributed by atoms with Gasteiger partial charge in [-0.1, -0.05) is 41.9 Å². The molecule has 5 nitrogen and oxygen atoms in total. The summed E-state index contributed by atoms with van der Waals surface area (Å²) in [6.07, 6.45) is 1.86. The molecule has 1 heterocycles. The topological polar surface area (TPSA) is 66.5 Å². The van der Waals surface area contributed by atoms with E-state index in [0.717, 1.165) is 22.9 Å². The van der Waals surface area contributed by atoms with Crippen LogP contribution in [0.3, 0.4) is 0 Å². The number of rotatable bonds is 4. The normalized spacial score (nSPS) is 28.9. The minimum atomic E-state index is -0.393. The molecule has 7 heteroatoms. The van der Waals surface area contributed by atoms with Gasteiger partial charge >= 0.3 is 0 Å². The summed E-state index contributed by atoms with van der Waals surface area (Å²) < 4.78 is 0.742. The minimum Gasteiger partial charge on any atom is -0.324 e. The number of nitrogens with zero attached hydrogens (tertiary/aromatic N) is 1. The molecule has 2 aromatic carbocycles. The predicted octanol–water partition coefficient (Wildman–Crippen LogP) is 4.77. The van der Waals surface area contributed by atoms with Crippen LogP contribution in [0.4, 0.5) is 5.69 Å². The minimum absolute atomic E-state index is 0.175. The van der Waals surface area contributed by atoms with Crippen molar-refractivity contribution >= 4 is 50.9 Å². The third kappa shape index (κ3) is 3.31. The second-order valence-electron chi connectivity index (χ2n) is 8.81. The van der Waals surface area contributed by atoms with Gasteiger partial charge in [-0.05, 0) is 76.7 Å². The Kier molecular flexibility index (Phi) is 5.18. The van der Waals surface area contributed by atoms with Crippen molar-refractivity contribution in [3.8, 4) is 0 Å². The Morgan fingerprint density at radius 1 is 1.10 bits per heavy atom. The number of amides is 3. The number of hydrogen-bond acceptors (Lipinski definition) is 3. The molecular weight excluding hydrogens is 480 g/mol. The van der Waals surface area contributed by atoms with E-state index < -0.39 is 5.91 Å². The van der Waals surface area contributed by atoms with E-state index in [1.165, 1.54) is 10.5 Å². The zero-order chi connectivity index (χ0) is 21.9. The summed E-state index contributed by atoms with van der Waals surface area (Å²) in [5.74, 6) is -0.631. The molecule has 5 atom stereocenters. The molecule has 5 rings (SSSR count). The monoisotopic (exact) mass is 500 g/mol. The Morgan fingerprint density at radius 2 is 1.81 bits per heavy atom. The first-order valence-corrected chi connectivity index (χ1v) is 11.7. The Hall–Kier alpha value is -2.18. The Morgan fingerprint density at radius 3 is 2.55 bits per heavy atom. The summed E-state index contributed by atoms with van der Waals surface area (Å²) in [4.78, 5) is 40.2. The van der Waals surface area contributed by atoms with E-state index in [0.29, 0.717) is 16.6 Å². The van der Waals surface area contributed by atoms with Crippen molar-refractivity contribution in [3.63, 3.8) is 0 Å². The van der Waals surface area contributed by atoms with E-state index in [2.05, 4.69) is 33.4 Å². The number of halogens is 2. The van der Waals surface area contributed by atoms with Crippen LogP contribution >= 0.6 is 27.5 Å². The number of carbonyl (C=O) groups excluding carboxylic acids is 3. The smallest absolute Gasteiger partial charge is 0.244 e. The van der Waals surface area contributed by atoms with Crippen molar-refractivity contribution in [2.45, 2.75) is 25.7 Å². The van der Waals surface area contributed by atoms with Crippen LogP contribution < -0.4 is 5.32 Å². The number of likely N-dealkylation sites (tertiary alicyclic amines) is 1. The summed E-state index contributed by atoms with van der Waals surface area (Å²) in [5, 5.41) is 3.31. The van der Waals surface area contributed by atoms with Gasteiger partial charge in [0.15, 0.2) is 0 Å². The third-order valence-corrected chi connectivity index (χ3v) is 8.63. The van der Waals surface area contributed by atoms with Crippen molar-refractivity contribution in [2.75, 3.05) is 11.9 Å². The summed E-state index contributed by atoms with van der Waals surface area (Å²) in [6.45, 7) is 1.55. The molecule has 160 valence electrons. The summed E-state index contributed by atoms with van der Waals surface area (Å²) in [6, 6.07) is 13.8. The molecule has 2 aliphatic carbocycles. The molecule has 0 radical (unpaired) electrons. The molecule has 3 aliphatic rings. The van der Waals surface area contributed by atoms with Crippen molar-refractivity contribution < 1.29 is 14.4 Å². The lowest BCUT2D eigenvalue weighted by molar-refractivity contribution is -0.143. The van der Waals surface area contributed by atoms with Crippen LogP contribution in [0.2, 0.25) is 5.02 Å². The fraction of sp³-hybridized carbons (Fsp3) is 0.375. The lowest BCUT2D eigenvalue weighted by Crippen LogP contribution is -2.39. The second kappa shape index (κ2) is 7.75. The fourth-order valence-electron chi connectivity index (χ4n) is 5.88. The first kappa shape index (κ1) is 20.7. The number of hydrogen-bond donors (Lipinski definition) is 1. The van der Waals surface area contributed by atoms with E-state index in [4.69, 9.17) is 11.6 Å². The van der Waals surface area contributed by atoms with Crippen molar-refractivity contribution in [1.29, 1.82) is 0 Å². The molecule has 3 fully saturated rings. The lowest BCUT2D eigenvalue weighted by atomic mass is 9.73. The number of imide groups is 1. The molecule has 0 unspecified atom stereocenters. The number of fused-ring (bicyclic) bond motifs is 5. The summed E-state index contributed by atoms with van der Waals surface area (Å²) in [7, 11) is 0. The molecule has 0 spiro atoms. The Bertz CT molecular complexity index is 1090. The molecule has 31 heavy (non-hydrogen) atoms. The molecule has 3 amide bonds. The molecule has 0 aromatic heterocycles. The van der Waals surface area contributed by atoms with Gasteiger partial charge in [0.05, 0.1) is 16.9 Å². The zero-order valence-corrected chi connectivity index (χ0v) is 19.3. The molecule has 2 aromatic rings. The number of nitrogens with one attached hydrogen (secondary N) is 1. The SMILES string of the molecule is Cc1c(NC(=O)CN2C(=O)[C@@H]3[C@@H]4C[C@@H]([C@H]3C2=O)[C@@H](c2ccccc2)C4)ccc(Br)c1Cl. The maximum Gasteiger partial charge on any atom is 0.244 e. The first-order chi connectivity index (χ1) is 14.9. The third-order valence-electron chi connectivity index (χ3n) is 7.25. The van der Waals surface area contributed by atoms with Crippen LogP contribution in [0.25, 0.3) is 0 Å². The van der Waals surface area contributed by atoms with Gasteiger partial charge in [0.1, 0.15) is 6.54 Å². The van der Waals surface area contributed by atoms with Crippen LogP contribution in [0, 0.1) is 30.6 Å². The highest BCUT2D eigenvalue weighted by molar-refractivity contribution is 9.10. The highest BCUT2D eigenvalue weighted by Gasteiger charge is 2.63. The maximum absolute atomic E-state index is 13.2. The Balaban J connectivity index is 1.32. The van der Waals surface area contributed by atoms with E-state index >= 15 is 0 Å². The maximum atomic E-state index is 13.2. The van der Waals surface area contributed by atoms with Gasteiger partial charge in [-0.15, -0.1) is 0 Å². The highest BCUT2D eigenvalue weighted by Crippen LogP contribution is 2.61. The molecular formula is C24H22BrClN2O3. The van der Waals surface area contributed by atoms with Crippen molar-refractivity contribution in [3.05, 3.63) is 63.1 Å². The standard InChI is InChI=1S/C24H22BrClN2O3/c1-12-18(8-7-17(25)22(12)26)27-19(29)11-28-23(30)20-14-9-15(13-5-3-2-4-6-13)16(10-14)21(20)24(28)31/h2-8,14-16,20-21H,9-11H2,1H3,(H,27,29)/t14-,15+,16+,20+,21+/m0/s1. The van der Waals surface area contributed by atoms with Gasteiger partial charge in [0.25, 0.3) is 0 Å². The van der Waals surface area contributed by atoms with Crippen LogP contribution in [0.15, 0.2) is 46.9 Å². The molecule has 2 bridgehead atoms. The largest absolute Gasteiger partial charge is 0.324 e. The average Bonchev–Trinajstić information content (AvgIpc) is 3.43. The fourth-order valence-corrected chi connectivity index (χ4v) is 6.48. The number of carbonyl (C=O) groups is 3. The van der Waals surface area contributed by atoms with E-state index in [9.17, 15) is 14.4 Å². The van der Waals surface area contributed by atoms with Gasteiger partial charge in [-0.25, -0.2) is 0 Å². The zero-order valence-electron chi connectivity index (χ0n) is 17.0. The lowest BCUT2D eigenvalue weighted by Gasteiger charge is -2.28. The van der Waals surface area contributed by atoms with Crippen molar-refractivity contribution in [2.24, 2.45) is 23.7 Å². The Labute approximate surface area is 194 Å². The predicted molar refractivity (Wildman–Crippen MR) is 122 cm³/mol. The summed E-state index contributed by atoms with van der Waals surface area (Å²) in [5.41, 5.74) is 2.54. The first-order valence-electron chi connectivity index (χ1n) is 10.5. The van der Waals surface area contributed by atoms with E-state index in [1.54, 1.807) is 19.1 Å². The van der Waals surface area contributed by atoms with Crippen molar-refractivity contribution in [1.82, 2.24) is 4.90 Å². The summed E-state index contributed by atoms with van der Waals surface area (Å²) >= 11 is 9.59. The quantitative estimate of drug-likeness (QED) is 0.614. The van der Waals surface area contributed by atoms with Gasteiger partial charge in [-0.3, -0.25) is 19.3 Å². The molecule has 1 saturated heterocycles. The van der Waals surface area contributed by atoms with Crippen LogP contribution in [-0.2, 0) is 14.4 Å². The van der Waals surface area contributed by atoms with Crippen LogP contribution in [0.1, 0.15) is 29.9 Å². The van der Waals surface area contributed by atoms with Crippen LogP contribution in [0.5, 0.6) is 0 Å². The van der Waals surface area contributed by atoms with Gasteiger partial charge in [0.2, 0.25) is 17.7 Å². The number of anilines is 1. The molecule has 2 saturated carbocycles.